The predicted molar refractivity (Wildman–Crippen MR) is 83.8 cm³/mol. The molecule has 2 amide bonds. The molecular formula is C16H19N5O2. The van der Waals surface area contributed by atoms with E-state index in [2.05, 4.69) is 10.3 Å². The molecule has 1 aliphatic heterocycles. The van der Waals surface area contributed by atoms with Crippen LogP contribution >= 0.6 is 0 Å². The third-order valence-electron chi connectivity index (χ3n) is 4.28. The third kappa shape index (κ3) is 3.08. The highest BCUT2D eigenvalue weighted by Gasteiger charge is 2.33. The summed E-state index contributed by atoms with van der Waals surface area (Å²) in [6.45, 7) is 2.31. The molecule has 2 N–H and O–H groups in total. The average Bonchev–Trinajstić information content (AvgIpc) is 3.05. The summed E-state index contributed by atoms with van der Waals surface area (Å²) in [4.78, 5) is 25.8. The Morgan fingerprint density at radius 2 is 1.96 bits per heavy atom. The van der Waals surface area contributed by atoms with Crippen LogP contribution in [0.2, 0.25) is 0 Å². The molecule has 0 unspecified atom stereocenters. The fourth-order valence-corrected chi connectivity index (χ4v) is 2.84. The van der Waals surface area contributed by atoms with Crippen LogP contribution in [-0.2, 0) is 4.79 Å². The number of nitrogens with two attached hydrogens (primary N) is 1. The van der Waals surface area contributed by atoms with E-state index < -0.39 is 0 Å². The number of rotatable bonds is 3. The fourth-order valence-electron chi connectivity index (χ4n) is 2.84. The van der Waals surface area contributed by atoms with E-state index >= 15 is 0 Å². The Hall–Kier alpha value is -2.70. The van der Waals surface area contributed by atoms with Gasteiger partial charge in [0.25, 0.3) is 5.91 Å². The molecule has 0 saturated carbocycles. The molecule has 7 nitrogen and oxygen atoms in total. The van der Waals surface area contributed by atoms with Crippen LogP contribution in [-0.4, -0.2) is 44.3 Å². The summed E-state index contributed by atoms with van der Waals surface area (Å²) in [7, 11) is 0. The monoisotopic (exact) mass is 313 g/mol. The molecule has 0 aliphatic carbocycles. The Balaban J connectivity index is 1.80. The Morgan fingerprint density at radius 3 is 2.65 bits per heavy atom. The summed E-state index contributed by atoms with van der Waals surface area (Å²) in [5.41, 5.74) is 6.49. The minimum Gasteiger partial charge on any atom is -0.369 e. The van der Waals surface area contributed by atoms with E-state index in [9.17, 15) is 9.59 Å². The molecule has 1 aromatic heterocycles. The van der Waals surface area contributed by atoms with E-state index in [-0.39, 0.29) is 29.5 Å². The van der Waals surface area contributed by atoms with Gasteiger partial charge in [0.05, 0.1) is 17.8 Å². The van der Waals surface area contributed by atoms with E-state index in [0.29, 0.717) is 6.54 Å². The largest absolute Gasteiger partial charge is 0.369 e. The summed E-state index contributed by atoms with van der Waals surface area (Å²) in [6, 6.07) is 9.52. The number of para-hydroxylation sites is 1. The van der Waals surface area contributed by atoms with Crippen molar-refractivity contribution in [2.75, 3.05) is 6.54 Å². The van der Waals surface area contributed by atoms with Gasteiger partial charge in [0.15, 0.2) is 5.69 Å². The van der Waals surface area contributed by atoms with Crippen molar-refractivity contribution in [1.29, 1.82) is 0 Å². The Labute approximate surface area is 134 Å². The number of likely N-dealkylation sites (tertiary alicyclic amines) is 1. The first kappa shape index (κ1) is 15.2. The molecular weight excluding hydrogens is 294 g/mol. The maximum atomic E-state index is 12.7. The highest BCUT2D eigenvalue weighted by atomic mass is 16.2. The van der Waals surface area contributed by atoms with Crippen molar-refractivity contribution in [2.24, 2.45) is 11.7 Å². The van der Waals surface area contributed by atoms with Gasteiger partial charge in [0, 0.05) is 12.6 Å². The quantitative estimate of drug-likeness (QED) is 0.914. The summed E-state index contributed by atoms with van der Waals surface area (Å²) in [5.74, 6) is -0.868. The van der Waals surface area contributed by atoms with Crippen molar-refractivity contribution >= 4 is 11.8 Å². The van der Waals surface area contributed by atoms with Crippen LogP contribution in [0.3, 0.4) is 0 Å². The molecule has 2 atom stereocenters. The second-order valence-electron chi connectivity index (χ2n) is 5.87. The first-order valence-electron chi connectivity index (χ1n) is 7.64. The van der Waals surface area contributed by atoms with Gasteiger partial charge >= 0.3 is 0 Å². The van der Waals surface area contributed by atoms with Crippen LogP contribution in [0.15, 0.2) is 36.5 Å². The van der Waals surface area contributed by atoms with Crippen molar-refractivity contribution in [3.63, 3.8) is 0 Å². The van der Waals surface area contributed by atoms with Crippen LogP contribution in [0.5, 0.6) is 0 Å². The number of nitrogens with zero attached hydrogens (tertiary/aromatic N) is 4. The minimum atomic E-state index is -0.359. The minimum absolute atomic E-state index is 0.0555. The second kappa shape index (κ2) is 6.20. The Kier molecular flexibility index (Phi) is 4.10. The molecule has 0 spiro atoms. The maximum Gasteiger partial charge on any atom is 0.276 e. The van der Waals surface area contributed by atoms with Crippen LogP contribution < -0.4 is 5.73 Å². The Bertz CT molecular complexity index is 712. The molecule has 1 saturated heterocycles. The molecule has 1 aliphatic rings. The van der Waals surface area contributed by atoms with E-state index in [0.717, 1.165) is 18.5 Å². The first-order chi connectivity index (χ1) is 11.1. The van der Waals surface area contributed by atoms with Gasteiger partial charge < -0.3 is 10.6 Å². The van der Waals surface area contributed by atoms with E-state index in [1.807, 2.05) is 37.3 Å². The SMILES string of the molecule is C[C@@H]1CC[C@@H](C(N)=O)CN1C(=O)c1cn(-c2ccccc2)nn1. The lowest BCUT2D eigenvalue weighted by molar-refractivity contribution is -0.123. The van der Waals surface area contributed by atoms with E-state index in [4.69, 9.17) is 5.73 Å². The highest BCUT2D eigenvalue weighted by molar-refractivity contribution is 5.92. The molecule has 2 heterocycles. The highest BCUT2D eigenvalue weighted by Crippen LogP contribution is 2.23. The summed E-state index contributed by atoms with van der Waals surface area (Å²) >= 11 is 0. The van der Waals surface area contributed by atoms with Gasteiger partial charge in [0.2, 0.25) is 5.91 Å². The number of primary amides is 1. The molecule has 3 rings (SSSR count). The number of aromatic nitrogens is 3. The van der Waals surface area contributed by atoms with Crippen LogP contribution in [0.4, 0.5) is 0 Å². The Morgan fingerprint density at radius 1 is 1.22 bits per heavy atom. The first-order valence-corrected chi connectivity index (χ1v) is 7.64. The average molecular weight is 313 g/mol. The topological polar surface area (TPSA) is 94.1 Å². The molecule has 0 radical (unpaired) electrons. The maximum absolute atomic E-state index is 12.7. The van der Waals surface area contributed by atoms with Crippen LogP contribution in [0.25, 0.3) is 5.69 Å². The molecule has 23 heavy (non-hydrogen) atoms. The number of amides is 2. The van der Waals surface area contributed by atoms with Gasteiger partial charge in [-0.1, -0.05) is 23.4 Å². The fraction of sp³-hybridized carbons (Fsp3) is 0.375. The van der Waals surface area contributed by atoms with Crippen molar-refractivity contribution in [3.05, 3.63) is 42.2 Å². The van der Waals surface area contributed by atoms with E-state index in [1.54, 1.807) is 15.8 Å². The van der Waals surface area contributed by atoms with Crippen LogP contribution in [0, 0.1) is 5.92 Å². The van der Waals surface area contributed by atoms with Gasteiger partial charge in [-0.25, -0.2) is 4.68 Å². The third-order valence-corrected chi connectivity index (χ3v) is 4.28. The van der Waals surface area contributed by atoms with Gasteiger partial charge in [-0.2, -0.15) is 0 Å². The molecule has 120 valence electrons. The normalized spacial score (nSPS) is 21.2. The van der Waals surface area contributed by atoms with Gasteiger partial charge in [-0.3, -0.25) is 9.59 Å². The lowest BCUT2D eigenvalue weighted by atomic mass is 9.92. The zero-order valence-corrected chi connectivity index (χ0v) is 12.9. The lowest BCUT2D eigenvalue weighted by Crippen LogP contribution is -2.48. The molecule has 2 aromatic rings. The summed E-state index contributed by atoms with van der Waals surface area (Å²) < 4.78 is 1.56. The summed E-state index contributed by atoms with van der Waals surface area (Å²) in [6.07, 6.45) is 3.08. The van der Waals surface area contributed by atoms with Crippen LogP contribution in [0.1, 0.15) is 30.3 Å². The van der Waals surface area contributed by atoms with Crippen molar-refractivity contribution < 1.29 is 9.59 Å². The predicted octanol–water partition coefficient (Wildman–Crippen LogP) is 0.993. The standard InChI is InChI=1S/C16H19N5O2/c1-11-7-8-12(15(17)22)9-20(11)16(23)14-10-21(19-18-14)13-5-3-2-4-6-13/h2-6,10-12H,7-9H2,1H3,(H2,17,22)/t11-,12-/m1/s1. The number of carbonyl (C=O) groups excluding carboxylic acids is 2. The molecule has 0 bridgehead atoms. The van der Waals surface area contributed by atoms with E-state index in [1.165, 1.54) is 0 Å². The number of hydrogen-bond acceptors (Lipinski definition) is 4. The molecule has 1 aromatic carbocycles. The molecule has 7 heteroatoms. The number of piperidine rings is 1. The number of hydrogen-bond donors (Lipinski definition) is 1. The lowest BCUT2D eigenvalue weighted by Gasteiger charge is -2.36. The zero-order valence-electron chi connectivity index (χ0n) is 12.9. The number of benzene rings is 1. The molecule has 1 fully saturated rings. The van der Waals surface area contributed by atoms with Crippen molar-refractivity contribution in [2.45, 2.75) is 25.8 Å². The summed E-state index contributed by atoms with van der Waals surface area (Å²) in [5, 5.41) is 7.99. The zero-order chi connectivity index (χ0) is 16.4. The van der Waals surface area contributed by atoms with Gasteiger partial charge in [-0.15, -0.1) is 5.10 Å². The smallest absolute Gasteiger partial charge is 0.276 e. The van der Waals surface area contributed by atoms with Crippen molar-refractivity contribution in [1.82, 2.24) is 19.9 Å². The van der Waals surface area contributed by atoms with Gasteiger partial charge in [-0.05, 0) is 31.9 Å². The second-order valence-corrected chi connectivity index (χ2v) is 5.87. The number of carbonyl (C=O) groups is 2. The van der Waals surface area contributed by atoms with Crippen molar-refractivity contribution in [3.8, 4) is 5.69 Å². The van der Waals surface area contributed by atoms with Gasteiger partial charge in [0.1, 0.15) is 0 Å².